The highest BCUT2D eigenvalue weighted by molar-refractivity contribution is 7.17. The van der Waals surface area contributed by atoms with Gasteiger partial charge in [-0.3, -0.25) is 4.79 Å². The molecule has 28 heavy (non-hydrogen) atoms. The van der Waals surface area contributed by atoms with E-state index < -0.39 is 12.1 Å². The van der Waals surface area contributed by atoms with Gasteiger partial charge in [0.2, 0.25) is 0 Å². The van der Waals surface area contributed by atoms with Crippen LogP contribution in [0, 0.1) is 0 Å². The first-order valence-corrected chi connectivity index (χ1v) is 10.7. The van der Waals surface area contributed by atoms with Crippen LogP contribution in [-0.2, 0) is 16.1 Å². The number of benzene rings is 1. The van der Waals surface area contributed by atoms with Crippen molar-refractivity contribution in [2.24, 2.45) is 0 Å². The standard InChI is InChI=1S/C22H25NO4S/c1-13-7-6-8-14(2)23(13)21(24)15(3)27-22(25)19-11-16-12-26-18-10-5-4-9-17(18)20(16)28-19/h4-5,9-11,13-15H,6-8,12H2,1-3H3/t13-,14-,15+/m0/s1. The molecule has 1 amide bonds. The minimum Gasteiger partial charge on any atom is -0.488 e. The topological polar surface area (TPSA) is 55.8 Å². The number of amides is 1. The van der Waals surface area contributed by atoms with Crippen molar-refractivity contribution in [3.63, 3.8) is 0 Å². The Labute approximate surface area is 169 Å². The van der Waals surface area contributed by atoms with Crippen LogP contribution >= 0.6 is 11.3 Å². The van der Waals surface area contributed by atoms with Crippen molar-refractivity contribution in [2.45, 2.75) is 64.8 Å². The van der Waals surface area contributed by atoms with E-state index >= 15 is 0 Å². The van der Waals surface area contributed by atoms with Gasteiger partial charge in [0.25, 0.3) is 5.91 Å². The van der Waals surface area contributed by atoms with Crippen LogP contribution in [0.3, 0.4) is 0 Å². The zero-order valence-electron chi connectivity index (χ0n) is 16.4. The van der Waals surface area contributed by atoms with Crippen molar-refractivity contribution < 1.29 is 19.1 Å². The Kier molecular flexibility index (Phi) is 5.15. The van der Waals surface area contributed by atoms with E-state index in [4.69, 9.17) is 9.47 Å². The van der Waals surface area contributed by atoms with Crippen molar-refractivity contribution in [1.82, 2.24) is 4.90 Å². The van der Waals surface area contributed by atoms with E-state index in [1.54, 1.807) is 6.92 Å². The van der Waals surface area contributed by atoms with Gasteiger partial charge >= 0.3 is 5.97 Å². The highest BCUT2D eigenvalue weighted by atomic mass is 32.1. The molecule has 6 heteroatoms. The van der Waals surface area contributed by atoms with Gasteiger partial charge in [-0.25, -0.2) is 4.79 Å². The fraction of sp³-hybridized carbons (Fsp3) is 0.455. The molecule has 2 aliphatic rings. The number of esters is 1. The third-order valence-corrected chi connectivity index (χ3v) is 6.80. The molecule has 4 rings (SSSR count). The van der Waals surface area contributed by atoms with Crippen molar-refractivity contribution in [1.29, 1.82) is 0 Å². The molecule has 2 aliphatic heterocycles. The second-order valence-corrected chi connectivity index (χ2v) is 8.72. The van der Waals surface area contributed by atoms with E-state index in [0.29, 0.717) is 11.5 Å². The van der Waals surface area contributed by atoms with Crippen LogP contribution in [-0.4, -0.2) is 35.0 Å². The number of rotatable bonds is 3. The lowest BCUT2D eigenvalue weighted by molar-refractivity contribution is -0.146. The zero-order valence-corrected chi connectivity index (χ0v) is 17.3. The van der Waals surface area contributed by atoms with Gasteiger partial charge in [0.05, 0.1) is 0 Å². The molecule has 2 aromatic rings. The summed E-state index contributed by atoms with van der Waals surface area (Å²) in [6.07, 6.45) is 2.32. The van der Waals surface area contributed by atoms with Gasteiger partial charge in [-0.05, 0) is 58.2 Å². The lowest BCUT2D eigenvalue weighted by Crippen LogP contribution is -2.51. The Morgan fingerprint density at radius 1 is 1.21 bits per heavy atom. The Morgan fingerprint density at radius 3 is 2.68 bits per heavy atom. The van der Waals surface area contributed by atoms with Gasteiger partial charge in [0.1, 0.15) is 17.2 Å². The highest BCUT2D eigenvalue weighted by Gasteiger charge is 2.34. The summed E-state index contributed by atoms with van der Waals surface area (Å²) in [6.45, 7) is 6.23. The van der Waals surface area contributed by atoms with E-state index in [0.717, 1.165) is 41.0 Å². The minimum absolute atomic E-state index is 0.108. The molecule has 0 saturated carbocycles. The average Bonchev–Trinajstić information content (AvgIpc) is 3.12. The molecule has 3 heterocycles. The molecule has 0 unspecified atom stereocenters. The number of piperidine rings is 1. The normalized spacial score (nSPS) is 21.9. The van der Waals surface area contributed by atoms with Crippen LogP contribution in [0.25, 0.3) is 10.4 Å². The molecular formula is C22H25NO4S. The number of ether oxygens (including phenoxy) is 2. The van der Waals surface area contributed by atoms with E-state index in [-0.39, 0.29) is 18.0 Å². The predicted octanol–water partition coefficient (Wildman–Crippen LogP) is 4.64. The lowest BCUT2D eigenvalue weighted by atomic mass is 9.97. The van der Waals surface area contributed by atoms with Crippen molar-refractivity contribution in [3.05, 3.63) is 40.8 Å². The molecule has 1 saturated heterocycles. The van der Waals surface area contributed by atoms with Crippen molar-refractivity contribution in [3.8, 4) is 16.2 Å². The number of nitrogens with zero attached hydrogens (tertiary/aromatic N) is 1. The number of carbonyl (C=O) groups is 2. The fourth-order valence-corrected chi connectivity index (χ4v) is 5.21. The third kappa shape index (κ3) is 3.41. The number of likely N-dealkylation sites (tertiary alicyclic amines) is 1. The largest absolute Gasteiger partial charge is 0.488 e. The highest BCUT2D eigenvalue weighted by Crippen LogP contribution is 2.42. The lowest BCUT2D eigenvalue weighted by Gasteiger charge is -2.40. The third-order valence-electron chi connectivity index (χ3n) is 5.60. The van der Waals surface area contributed by atoms with E-state index in [1.807, 2.05) is 35.2 Å². The number of para-hydroxylation sites is 1. The van der Waals surface area contributed by atoms with Crippen LogP contribution in [0.15, 0.2) is 30.3 Å². The van der Waals surface area contributed by atoms with Crippen LogP contribution in [0.5, 0.6) is 5.75 Å². The first-order chi connectivity index (χ1) is 13.5. The minimum atomic E-state index is -0.793. The first kappa shape index (κ1) is 19.0. The van der Waals surface area contributed by atoms with Gasteiger partial charge < -0.3 is 14.4 Å². The van der Waals surface area contributed by atoms with Gasteiger partial charge in [0.15, 0.2) is 6.10 Å². The summed E-state index contributed by atoms with van der Waals surface area (Å²) in [6, 6.07) is 9.99. The molecule has 1 fully saturated rings. The molecule has 0 aliphatic carbocycles. The number of carbonyl (C=O) groups excluding carboxylic acids is 2. The molecular weight excluding hydrogens is 374 g/mol. The number of thiophene rings is 1. The number of hydrogen-bond donors (Lipinski definition) is 0. The van der Waals surface area contributed by atoms with Crippen LogP contribution in [0.2, 0.25) is 0 Å². The monoisotopic (exact) mass is 399 g/mol. The maximum atomic E-state index is 12.9. The summed E-state index contributed by atoms with van der Waals surface area (Å²) >= 11 is 1.40. The quantitative estimate of drug-likeness (QED) is 0.706. The SMILES string of the molecule is C[C@@H](OC(=O)c1cc2c(s1)-c1ccccc1OC2)C(=O)N1[C@@H](C)CCC[C@@H]1C. The van der Waals surface area contributed by atoms with Crippen molar-refractivity contribution >= 4 is 23.2 Å². The van der Waals surface area contributed by atoms with E-state index in [9.17, 15) is 9.59 Å². The Morgan fingerprint density at radius 2 is 1.93 bits per heavy atom. The van der Waals surface area contributed by atoms with Gasteiger partial charge in [-0.2, -0.15) is 0 Å². The molecule has 3 atom stereocenters. The number of fused-ring (bicyclic) bond motifs is 3. The molecule has 5 nitrogen and oxygen atoms in total. The first-order valence-electron chi connectivity index (χ1n) is 9.83. The van der Waals surface area contributed by atoms with Crippen molar-refractivity contribution in [2.75, 3.05) is 0 Å². The molecule has 1 aromatic carbocycles. The van der Waals surface area contributed by atoms with E-state index in [2.05, 4.69) is 13.8 Å². The molecule has 0 radical (unpaired) electrons. The second kappa shape index (κ2) is 7.59. The molecule has 0 N–H and O–H groups in total. The predicted molar refractivity (Wildman–Crippen MR) is 109 cm³/mol. The van der Waals surface area contributed by atoms with Gasteiger partial charge in [-0.1, -0.05) is 12.1 Å². The summed E-state index contributed by atoms with van der Waals surface area (Å²) in [7, 11) is 0. The zero-order chi connectivity index (χ0) is 19.8. The molecule has 0 spiro atoms. The summed E-state index contributed by atoms with van der Waals surface area (Å²) in [4.78, 5) is 29.0. The maximum Gasteiger partial charge on any atom is 0.349 e. The Bertz CT molecular complexity index is 896. The Hall–Kier alpha value is -2.34. The van der Waals surface area contributed by atoms with Crippen LogP contribution in [0.1, 0.15) is 55.3 Å². The summed E-state index contributed by atoms with van der Waals surface area (Å²) in [5, 5.41) is 0. The maximum absolute atomic E-state index is 12.9. The van der Waals surface area contributed by atoms with Gasteiger partial charge in [0, 0.05) is 28.1 Å². The molecule has 1 aromatic heterocycles. The summed E-state index contributed by atoms with van der Waals surface area (Å²) in [5.74, 6) is 0.270. The smallest absolute Gasteiger partial charge is 0.349 e. The van der Waals surface area contributed by atoms with E-state index in [1.165, 1.54) is 11.3 Å². The molecule has 148 valence electrons. The number of hydrogen-bond acceptors (Lipinski definition) is 5. The van der Waals surface area contributed by atoms with Crippen LogP contribution < -0.4 is 4.74 Å². The molecule has 0 bridgehead atoms. The van der Waals surface area contributed by atoms with Gasteiger partial charge in [-0.15, -0.1) is 11.3 Å². The average molecular weight is 400 g/mol. The summed E-state index contributed by atoms with van der Waals surface area (Å²) in [5.41, 5.74) is 1.97. The Balaban J connectivity index is 1.49. The van der Waals surface area contributed by atoms with Crippen LogP contribution in [0.4, 0.5) is 0 Å². The summed E-state index contributed by atoms with van der Waals surface area (Å²) < 4.78 is 11.3. The second-order valence-electron chi connectivity index (χ2n) is 7.67. The fourth-order valence-electron chi connectivity index (χ4n) is 4.13.